The van der Waals surface area contributed by atoms with Crippen molar-refractivity contribution in [2.75, 3.05) is 19.0 Å². The molecule has 4 nitrogen and oxygen atoms in total. The van der Waals surface area contributed by atoms with Gasteiger partial charge < -0.3 is 15.4 Å². The number of benzene rings is 2. The molecule has 2 aromatic carbocycles. The van der Waals surface area contributed by atoms with Gasteiger partial charge in [0.25, 0.3) is 5.91 Å². The second kappa shape index (κ2) is 8.70. The van der Waals surface area contributed by atoms with Crippen LogP contribution in [0.25, 0.3) is 0 Å². The fraction of sp³-hybridized carbons (Fsp3) is 0.278. The van der Waals surface area contributed by atoms with Gasteiger partial charge in [-0.2, -0.15) is 0 Å². The molecule has 0 heterocycles. The summed E-state index contributed by atoms with van der Waals surface area (Å²) in [5.74, 6) is 0.630. The van der Waals surface area contributed by atoms with Crippen LogP contribution in [0.2, 0.25) is 0 Å². The molecule has 122 valence electrons. The van der Waals surface area contributed by atoms with Crippen molar-refractivity contribution in [2.45, 2.75) is 19.4 Å². The van der Waals surface area contributed by atoms with Gasteiger partial charge in [0.2, 0.25) is 0 Å². The number of nitrogens with one attached hydrogen (secondary N) is 1. The third-order valence-electron chi connectivity index (χ3n) is 3.71. The van der Waals surface area contributed by atoms with E-state index in [4.69, 9.17) is 4.74 Å². The number of halogens is 1. The number of rotatable bonds is 7. The predicted molar refractivity (Wildman–Crippen MR) is 95.6 cm³/mol. The summed E-state index contributed by atoms with van der Waals surface area (Å²) < 4.78 is 6.30. The molecule has 0 spiro atoms. The van der Waals surface area contributed by atoms with Crippen molar-refractivity contribution in [1.29, 1.82) is 0 Å². The molecule has 0 aliphatic rings. The Balaban J connectivity index is 1.93. The maximum Gasteiger partial charge on any atom is 0.279 e. The maximum absolute atomic E-state index is 12.2. The zero-order chi connectivity index (χ0) is 16.7. The second-order valence-electron chi connectivity index (χ2n) is 5.25. The van der Waals surface area contributed by atoms with E-state index in [1.54, 1.807) is 7.11 Å². The molecule has 0 aromatic heterocycles. The first kappa shape index (κ1) is 17.5. The van der Waals surface area contributed by atoms with Gasteiger partial charge in [-0.15, -0.1) is 0 Å². The van der Waals surface area contributed by atoms with Crippen molar-refractivity contribution < 1.29 is 14.8 Å². The molecule has 2 aromatic rings. The molecule has 1 amide bonds. The van der Waals surface area contributed by atoms with Crippen molar-refractivity contribution >= 4 is 27.5 Å². The number of amides is 1. The number of nitrogens with two attached hydrogens (primary N) is 1. The second-order valence-corrected chi connectivity index (χ2v) is 6.17. The Morgan fingerprint density at radius 2 is 1.91 bits per heavy atom. The Morgan fingerprint density at radius 3 is 2.57 bits per heavy atom. The standard InChI is InChI=1S/C18H21BrN2O2/c1-3-15(13-8-10-14(19)11-9-13)20-12-18(22)21-16-6-4-5-7-17(16)23-2/h4-11,15,20H,3,12H2,1-2H3,(H,21,22)/p+1/t15-/m1/s1. The average Bonchev–Trinajstić information content (AvgIpc) is 2.57. The number of ether oxygens (including phenoxy) is 1. The highest BCUT2D eigenvalue weighted by Gasteiger charge is 2.15. The molecule has 0 saturated carbocycles. The minimum absolute atomic E-state index is 0.0370. The van der Waals surface area contributed by atoms with Crippen LogP contribution < -0.4 is 15.4 Å². The van der Waals surface area contributed by atoms with Crippen molar-refractivity contribution in [3.05, 3.63) is 58.6 Å². The van der Waals surface area contributed by atoms with Crippen LogP contribution in [-0.4, -0.2) is 19.6 Å². The monoisotopic (exact) mass is 377 g/mol. The molecule has 0 aliphatic heterocycles. The van der Waals surface area contributed by atoms with Gasteiger partial charge >= 0.3 is 0 Å². The van der Waals surface area contributed by atoms with Gasteiger partial charge in [-0.05, 0) is 24.3 Å². The molecule has 0 fully saturated rings. The lowest BCUT2D eigenvalue weighted by molar-refractivity contribution is -0.686. The highest BCUT2D eigenvalue weighted by molar-refractivity contribution is 9.10. The molecule has 0 saturated heterocycles. The zero-order valence-corrected chi connectivity index (χ0v) is 15.0. The topological polar surface area (TPSA) is 54.9 Å². The molecule has 23 heavy (non-hydrogen) atoms. The van der Waals surface area contributed by atoms with Crippen molar-refractivity contribution in [3.63, 3.8) is 0 Å². The summed E-state index contributed by atoms with van der Waals surface area (Å²) in [7, 11) is 1.60. The van der Waals surface area contributed by atoms with Crippen LogP contribution in [0.4, 0.5) is 5.69 Å². The summed E-state index contributed by atoms with van der Waals surface area (Å²) in [6.45, 7) is 2.49. The summed E-state index contributed by atoms with van der Waals surface area (Å²) in [5, 5.41) is 4.96. The van der Waals surface area contributed by atoms with Gasteiger partial charge in [0.1, 0.15) is 11.8 Å². The number of para-hydroxylation sites is 2. The highest BCUT2D eigenvalue weighted by Crippen LogP contribution is 2.22. The molecule has 2 rings (SSSR count). The summed E-state index contributed by atoms with van der Waals surface area (Å²) in [5.41, 5.74) is 1.92. The highest BCUT2D eigenvalue weighted by atomic mass is 79.9. The molecule has 3 N–H and O–H groups in total. The van der Waals surface area contributed by atoms with E-state index >= 15 is 0 Å². The third kappa shape index (κ3) is 5.08. The molecule has 0 unspecified atom stereocenters. The van der Waals surface area contributed by atoms with Crippen molar-refractivity contribution in [3.8, 4) is 5.75 Å². The molecular weight excluding hydrogens is 356 g/mol. The van der Waals surface area contributed by atoms with Crippen LogP contribution in [0, 0.1) is 0 Å². The number of carbonyl (C=O) groups excluding carboxylic acids is 1. The van der Waals surface area contributed by atoms with Crippen LogP contribution in [0.1, 0.15) is 24.9 Å². The lowest BCUT2D eigenvalue weighted by Crippen LogP contribution is -2.87. The van der Waals surface area contributed by atoms with Gasteiger partial charge in [-0.25, -0.2) is 0 Å². The molecule has 0 aliphatic carbocycles. The first-order valence-electron chi connectivity index (χ1n) is 7.65. The SMILES string of the molecule is CC[C@@H]([NH2+]CC(=O)Nc1ccccc1OC)c1ccc(Br)cc1. The summed E-state index contributed by atoms with van der Waals surface area (Å²) in [6, 6.07) is 15.9. The van der Waals surface area contributed by atoms with E-state index < -0.39 is 0 Å². The van der Waals surface area contributed by atoms with E-state index in [1.807, 2.05) is 36.4 Å². The Kier molecular flexibility index (Phi) is 6.62. The van der Waals surface area contributed by atoms with Crippen LogP contribution in [-0.2, 0) is 4.79 Å². The summed E-state index contributed by atoms with van der Waals surface area (Å²) >= 11 is 3.44. The normalized spacial score (nSPS) is 11.8. The zero-order valence-electron chi connectivity index (χ0n) is 13.4. The van der Waals surface area contributed by atoms with Gasteiger partial charge in [0.15, 0.2) is 6.54 Å². The smallest absolute Gasteiger partial charge is 0.279 e. The Bertz CT molecular complexity index is 644. The van der Waals surface area contributed by atoms with Crippen LogP contribution >= 0.6 is 15.9 Å². The van der Waals surface area contributed by atoms with E-state index in [1.165, 1.54) is 5.56 Å². The molecule has 0 radical (unpaired) electrons. The molecule has 1 atom stereocenters. The van der Waals surface area contributed by atoms with Crippen molar-refractivity contribution in [1.82, 2.24) is 0 Å². The maximum atomic E-state index is 12.2. The van der Waals surface area contributed by atoms with Gasteiger partial charge in [-0.1, -0.05) is 47.1 Å². The van der Waals surface area contributed by atoms with E-state index in [2.05, 4.69) is 45.6 Å². The Morgan fingerprint density at radius 1 is 1.22 bits per heavy atom. The fourth-order valence-corrected chi connectivity index (χ4v) is 2.71. The number of quaternary nitrogens is 1. The number of anilines is 1. The minimum Gasteiger partial charge on any atom is -0.495 e. The van der Waals surface area contributed by atoms with E-state index in [-0.39, 0.29) is 11.9 Å². The number of carbonyl (C=O) groups is 1. The van der Waals surface area contributed by atoms with E-state index in [0.29, 0.717) is 18.0 Å². The largest absolute Gasteiger partial charge is 0.495 e. The molecule has 0 bridgehead atoms. The van der Waals surface area contributed by atoms with Crippen LogP contribution in [0.3, 0.4) is 0 Å². The summed E-state index contributed by atoms with van der Waals surface area (Å²) in [6.07, 6.45) is 0.962. The Labute approximate surface area is 145 Å². The molecule has 5 heteroatoms. The van der Waals surface area contributed by atoms with Gasteiger partial charge in [-0.3, -0.25) is 4.79 Å². The lowest BCUT2D eigenvalue weighted by atomic mass is 10.0. The Hall–Kier alpha value is -1.85. The summed E-state index contributed by atoms with van der Waals surface area (Å²) in [4.78, 5) is 12.2. The first-order valence-corrected chi connectivity index (χ1v) is 8.45. The quantitative estimate of drug-likeness (QED) is 0.778. The van der Waals surface area contributed by atoms with Crippen LogP contribution in [0.15, 0.2) is 53.0 Å². The van der Waals surface area contributed by atoms with Gasteiger partial charge in [0, 0.05) is 16.5 Å². The van der Waals surface area contributed by atoms with Crippen LogP contribution in [0.5, 0.6) is 5.75 Å². The third-order valence-corrected chi connectivity index (χ3v) is 4.24. The van der Waals surface area contributed by atoms with Crippen molar-refractivity contribution in [2.24, 2.45) is 0 Å². The van der Waals surface area contributed by atoms with Gasteiger partial charge in [0.05, 0.1) is 12.8 Å². The minimum atomic E-state index is -0.0370. The number of hydrogen-bond acceptors (Lipinski definition) is 2. The average molecular weight is 378 g/mol. The lowest BCUT2D eigenvalue weighted by Gasteiger charge is -2.15. The number of hydrogen-bond donors (Lipinski definition) is 2. The number of methoxy groups -OCH3 is 1. The fourth-order valence-electron chi connectivity index (χ4n) is 2.45. The first-order chi connectivity index (χ1) is 11.1. The van der Waals surface area contributed by atoms with E-state index in [9.17, 15) is 4.79 Å². The molecular formula is C18H22BrN2O2+. The predicted octanol–water partition coefficient (Wildman–Crippen LogP) is 3.11. The van der Waals surface area contributed by atoms with E-state index in [0.717, 1.165) is 10.9 Å².